The zero-order chi connectivity index (χ0) is 21.3. The summed E-state index contributed by atoms with van der Waals surface area (Å²) in [6.07, 6.45) is 6.20. The van der Waals surface area contributed by atoms with E-state index in [0.29, 0.717) is 12.6 Å². The minimum Gasteiger partial charge on any atom is -0.322 e. The molecule has 1 atom stereocenters. The summed E-state index contributed by atoms with van der Waals surface area (Å²) in [4.78, 5) is 17.3. The lowest BCUT2D eigenvalue weighted by molar-refractivity contribution is -0.954. The fourth-order valence-corrected chi connectivity index (χ4v) is 4.64. The molecule has 30 heavy (non-hydrogen) atoms. The van der Waals surface area contributed by atoms with Gasteiger partial charge in [-0.2, -0.15) is 0 Å². The maximum Gasteiger partial charge on any atom is 0.257 e. The van der Waals surface area contributed by atoms with Crippen LogP contribution < -0.4 is 10.5 Å². The zero-order valence-corrected chi connectivity index (χ0v) is 18.5. The molecule has 3 aromatic rings. The van der Waals surface area contributed by atoms with Crippen molar-refractivity contribution in [2.24, 2.45) is 0 Å². The molecule has 1 aliphatic carbocycles. The Kier molecular flexibility index (Phi) is 5.73. The van der Waals surface area contributed by atoms with Gasteiger partial charge in [0.15, 0.2) is 0 Å². The second-order valence-electron chi connectivity index (χ2n) is 9.74. The molecular weight excluding hydrogens is 376 g/mol. The largest absolute Gasteiger partial charge is 0.322 e. The third-order valence-electron chi connectivity index (χ3n) is 6.23. The number of hydrogen-bond acceptors (Lipinski definition) is 4. The fourth-order valence-electron chi connectivity index (χ4n) is 4.64. The van der Waals surface area contributed by atoms with Gasteiger partial charge < -0.3 is 9.88 Å². The van der Waals surface area contributed by atoms with Crippen LogP contribution in [0.5, 0.6) is 0 Å². The zero-order valence-electron chi connectivity index (χ0n) is 18.5. The third-order valence-corrected chi connectivity index (χ3v) is 6.23. The van der Waals surface area contributed by atoms with Gasteiger partial charge in [0.1, 0.15) is 13.1 Å². The van der Waals surface area contributed by atoms with E-state index in [4.69, 9.17) is 0 Å². The topological polar surface area (TPSA) is 80.9 Å². The van der Waals surface area contributed by atoms with Crippen LogP contribution in [0.4, 0.5) is 0 Å². The predicted octanol–water partition coefficient (Wildman–Crippen LogP) is 2.50. The SMILES string of the molecule is Cc1ccc2cc(C[NH+](Cc3nnnn3C(C)(C)C)C3CCCCC3)c(=O)[nH]c2c1. The molecule has 7 nitrogen and oxygen atoms in total. The molecule has 1 saturated carbocycles. The van der Waals surface area contributed by atoms with Crippen LogP contribution in [-0.2, 0) is 18.6 Å². The molecule has 0 saturated heterocycles. The summed E-state index contributed by atoms with van der Waals surface area (Å²) < 4.78 is 1.92. The van der Waals surface area contributed by atoms with Crippen molar-refractivity contribution in [1.29, 1.82) is 0 Å². The van der Waals surface area contributed by atoms with E-state index < -0.39 is 0 Å². The van der Waals surface area contributed by atoms with E-state index in [2.05, 4.69) is 59.5 Å². The molecule has 2 aromatic heterocycles. The number of aromatic amines is 1. The number of fused-ring (bicyclic) bond motifs is 1. The molecule has 1 unspecified atom stereocenters. The van der Waals surface area contributed by atoms with Crippen molar-refractivity contribution in [1.82, 2.24) is 25.2 Å². The Balaban J connectivity index is 1.66. The van der Waals surface area contributed by atoms with Crippen molar-refractivity contribution in [3.63, 3.8) is 0 Å². The maximum absolute atomic E-state index is 12.9. The van der Waals surface area contributed by atoms with E-state index in [1.807, 2.05) is 17.7 Å². The lowest BCUT2D eigenvalue weighted by Crippen LogP contribution is -3.13. The van der Waals surface area contributed by atoms with Crippen LogP contribution >= 0.6 is 0 Å². The van der Waals surface area contributed by atoms with Gasteiger partial charge in [0.2, 0.25) is 5.82 Å². The highest BCUT2D eigenvalue weighted by atomic mass is 16.1. The van der Waals surface area contributed by atoms with Gasteiger partial charge in [-0.05, 0) is 86.9 Å². The van der Waals surface area contributed by atoms with Gasteiger partial charge in [0, 0.05) is 5.52 Å². The van der Waals surface area contributed by atoms with E-state index in [1.165, 1.54) is 37.0 Å². The highest BCUT2D eigenvalue weighted by Crippen LogP contribution is 2.18. The van der Waals surface area contributed by atoms with E-state index in [0.717, 1.165) is 34.4 Å². The minimum atomic E-state index is -0.172. The Morgan fingerprint density at radius 2 is 1.90 bits per heavy atom. The van der Waals surface area contributed by atoms with E-state index in [9.17, 15) is 4.79 Å². The minimum absolute atomic E-state index is 0.0109. The smallest absolute Gasteiger partial charge is 0.257 e. The van der Waals surface area contributed by atoms with Crippen molar-refractivity contribution in [3.8, 4) is 0 Å². The molecule has 1 aromatic carbocycles. The summed E-state index contributed by atoms with van der Waals surface area (Å²) in [5.74, 6) is 0.885. The van der Waals surface area contributed by atoms with Crippen LogP contribution in [0.25, 0.3) is 10.9 Å². The van der Waals surface area contributed by atoms with Crippen LogP contribution in [-0.4, -0.2) is 31.2 Å². The van der Waals surface area contributed by atoms with Crippen LogP contribution in [0.15, 0.2) is 29.1 Å². The first-order chi connectivity index (χ1) is 14.3. The number of quaternary nitrogens is 1. The fraction of sp³-hybridized carbons (Fsp3) is 0.565. The number of tetrazole rings is 1. The molecule has 0 amide bonds. The first kappa shape index (κ1) is 20.7. The number of benzene rings is 1. The van der Waals surface area contributed by atoms with Gasteiger partial charge in [-0.3, -0.25) is 4.79 Å². The summed E-state index contributed by atoms with van der Waals surface area (Å²) in [5, 5.41) is 13.6. The second kappa shape index (κ2) is 8.30. The summed E-state index contributed by atoms with van der Waals surface area (Å²) in [6.45, 7) is 9.79. The standard InChI is InChI=1S/C23H32N6O/c1-16-10-11-17-13-18(22(30)24-20(17)12-16)14-28(19-8-6-5-7-9-19)15-21-25-26-27-29(21)23(2,3)4/h10-13,19H,5-9,14-15H2,1-4H3,(H,24,30)/p+1. The van der Waals surface area contributed by atoms with Crippen LogP contribution in [0.3, 0.4) is 0 Å². The van der Waals surface area contributed by atoms with Gasteiger partial charge in [-0.1, -0.05) is 18.6 Å². The lowest BCUT2D eigenvalue weighted by atomic mass is 9.93. The average molecular weight is 410 g/mol. The van der Waals surface area contributed by atoms with Gasteiger partial charge in [-0.25, -0.2) is 4.68 Å². The molecule has 2 heterocycles. The normalized spacial score (nSPS) is 16.8. The Labute approximate surface area is 177 Å². The molecule has 7 heteroatoms. The molecule has 2 N–H and O–H groups in total. The molecule has 0 spiro atoms. The molecule has 0 bridgehead atoms. The Hall–Kier alpha value is -2.54. The summed E-state index contributed by atoms with van der Waals surface area (Å²) in [5.41, 5.74) is 2.72. The molecule has 0 aliphatic heterocycles. The molecule has 1 aliphatic rings. The Bertz CT molecular complexity index is 1070. The summed E-state index contributed by atoms with van der Waals surface area (Å²) in [6, 6.07) is 8.79. The van der Waals surface area contributed by atoms with Crippen molar-refractivity contribution >= 4 is 10.9 Å². The molecule has 1 fully saturated rings. The average Bonchev–Trinajstić information content (AvgIpc) is 3.17. The van der Waals surface area contributed by atoms with Gasteiger partial charge in [0.05, 0.1) is 17.1 Å². The Morgan fingerprint density at radius 1 is 1.13 bits per heavy atom. The summed E-state index contributed by atoms with van der Waals surface area (Å²) in [7, 11) is 0. The van der Waals surface area contributed by atoms with Crippen LogP contribution in [0.2, 0.25) is 0 Å². The quantitative estimate of drug-likeness (QED) is 0.678. The van der Waals surface area contributed by atoms with Gasteiger partial charge in [0.25, 0.3) is 5.56 Å². The highest BCUT2D eigenvalue weighted by molar-refractivity contribution is 5.79. The number of hydrogen-bond donors (Lipinski definition) is 2. The number of aryl methyl sites for hydroxylation is 1. The molecule has 4 rings (SSSR count). The van der Waals surface area contributed by atoms with Crippen molar-refractivity contribution in [3.05, 3.63) is 51.6 Å². The number of aromatic nitrogens is 5. The summed E-state index contributed by atoms with van der Waals surface area (Å²) >= 11 is 0. The van der Waals surface area contributed by atoms with E-state index in [1.54, 1.807) is 0 Å². The highest BCUT2D eigenvalue weighted by Gasteiger charge is 2.29. The number of H-pyrrole nitrogens is 1. The number of pyridine rings is 1. The van der Waals surface area contributed by atoms with Crippen molar-refractivity contribution in [2.45, 2.75) is 84.5 Å². The first-order valence-electron chi connectivity index (χ1n) is 11.1. The molecule has 160 valence electrons. The molecular formula is C23H33N6O+. The predicted molar refractivity (Wildman–Crippen MR) is 117 cm³/mol. The number of nitrogens with one attached hydrogen (secondary N) is 2. The van der Waals surface area contributed by atoms with Gasteiger partial charge >= 0.3 is 0 Å². The van der Waals surface area contributed by atoms with E-state index in [-0.39, 0.29) is 11.1 Å². The lowest BCUT2D eigenvalue weighted by Gasteiger charge is -2.31. The first-order valence-corrected chi connectivity index (χ1v) is 11.1. The second-order valence-corrected chi connectivity index (χ2v) is 9.74. The maximum atomic E-state index is 12.9. The molecule has 0 radical (unpaired) electrons. The van der Waals surface area contributed by atoms with E-state index >= 15 is 0 Å². The monoisotopic (exact) mass is 409 g/mol. The number of rotatable bonds is 5. The van der Waals surface area contributed by atoms with Crippen molar-refractivity contribution in [2.75, 3.05) is 0 Å². The van der Waals surface area contributed by atoms with Crippen molar-refractivity contribution < 1.29 is 4.90 Å². The van der Waals surface area contributed by atoms with Gasteiger partial charge in [-0.15, -0.1) is 5.10 Å². The van der Waals surface area contributed by atoms with Crippen LogP contribution in [0.1, 0.15) is 69.8 Å². The third kappa shape index (κ3) is 4.46. The Morgan fingerprint density at radius 3 is 2.63 bits per heavy atom. The van der Waals surface area contributed by atoms with Crippen LogP contribution in [0, 0.1) is 6.92 Å². The number of nitrogens with zero attached hydrogens (tertiary/aromatic N) is 4.